The van der Waals surface area contributed by atoms with Crippen LogP contribution in [0.15, 0.2) is 29.3 Å². The lowest BCUT2D eigenvalue weighted by Crippen LogP contribution is -2.40. The van der Waals surface area contributed by atoms with Gasteiger partial charge in [0.25, 0.3) is 0 Å². The quantitative estimate of drug-likeness (QED) is 0.668. The minimum absolute atomic E-state index is 0.581. The van der Waals surface area contributed by atoms with Crippen LogP contribution in [0.1, 0.15) is 37.7 Å². The summed E-state index contributed by atoms with van der Waals surface area (Å²) in [5.41, 5.74) is 3.18. The molecule has 1 aliphatic carbocycles. The fraction of sp³-hybridized carbons (Fsp3) is 0.667. The summed E-state index contributed by atoms with van der Waals surface area (Å²) in [6.07, 6.45) is 6.97. The summed E-state index contributed by atoms with van der Waals surface area (Å²) in [7, 11) is 1.91. The molecule has 0 amide bonds. The third-order valence-electron chi connectivity index (χ3n) is 6.38. The monoisotopic (exact) mass is 356 g/mol. The smallest absolute Gasteiger partial charge is 0.193 e. The number of hydrogen-bond donors (Lipinski definition) is 1. The van der Waals surface area contributed by atoms with Gasteiger partial charge in [-0.05, 0) is 42.4 Å². The highest BCUT2D eigenvalue weighted by molar-refractivity contribution is 5.80. The first-order valence-electron chi connectivity index (χ1n) is 10.2. The van der Waals surface area contributed by atoms with Crippen LogP contribution in [-0.4, -0.2) is 57.3 Å². The molecule has 2 heterocycles. The van der Waals surface area contributed by atoms with Crippen LogP contribution in [0.2, 0.25) is 0 Å². The van der Waals surface area contributed by atoms with E-state index in [0.29, 0.717) is 5.41 Å². The van der Waals surface area contributed by atoms with E-state index in [9.17, 15) is 0 Å². The van der Waals surface area contributed by atoms with Crippen molar-refractivity contribution in [2.45, 2.75) is 38.6 Å². The third kappa shape index (κ3) is 3.83. The summed E-state index contributed by atoms with van der Waals surface area (Å²) in [5.74, 6) is 1.06. The van der Waals surface area contributed by atoms with Crippen molar-refractivity contribution in [3.05, 3.63) is 29.8 Å². The van der Waals surface area contributed by atoms with E-state index in [-0.39, 0.29) is 0 Å². The number of guanidine groups is 1. The van der Waals surface area contributed by atoms with E-state index >= 15 is 0 Å². The molecule has 142 valence electrons. The Morgan fingerprint density at radius 2 is 1.81 bits per heavy atom. The van der Waals surface area contributed by atoms with Crippen molar-refractivity contribution < 1.29 is 4.74 Å². The van der Waals surface area contributed by atoms with Gasteiger partial charge in [0.15, 0.2) is 5.96 Å². The maximum absolute atomic E-state index is 5.44. The lowest BCUT2D eigenvalue weighted by Gasteiger charge is -2.29. The van der Waals surface area contributed by atoms with Gasteiger partial charge in [-0.25, -0.2) is 0 Å². The number of aliphatic imine (C=N–C) groups is 1. The normalized spacial score (nSPS) is 23.0. The second kappa shape index (κ2) is 7.87. The summed E-state index contributed by atoms with van der Waals surface area (Å²) >= 11 is 0. The first kappa shape index (κ1) is 17.7. The van der Waals surface area contributed by atoms with Gasteiger partial charge in [0.2, 0.25) is 0 Å². The van der Waals surface area contributed by atoms with Gasteiger partial charge in [0.05, 0.1) is 13.2 Å². The highest BCUT2D eigenvalue weighted by Crippen LogP contribution is 2.45. The molecule has 1 saturated carbocycles. The van der Waals surface area contributed by atoms with Crippen LogP contribution < -0.4 is 10.2 Å². The second-order valence-electron chi connectivity index (χ2n) is 8.05. The number of morpholine rings is 1. The molecule has 1 N–H and O–H groups in total. The van der Waals surface area contributed by atoms with E-state index < -0.39 is 0 Å². The Morgan fingerprint density at radius 3 is 2.50 bits per heavy atom. The Labute approximate surface area is 157 Å². The van der Waals surface area contributed by atoms with Crippen molar-refractivity contribution in [1.29, 1.82) is 0 Å². The molecule has 2 saturated heterocycles. The van der Waals surface area contributed by atoms with Crippen LogP contribution in [0.4, 0.5) is 5.69 Å². The highest BCUT2D eigenvalue weighted by atomic mass is 16.5. The van der Waals surface area contributed by atoms with Crippen molar-refractivity contribution in [3.63, 3.8) is 0 Å². The standard InChI is InChI=1S/C21H32N4O/c1-22-20(25-11-10-21(17-25)8-2-3-9-21)23-16-18-4-6-19(7-5-18)24-12-14-26-15-13-24/h4-7H,2-3,8-17H2,1H3,(H,22,23). The summed E-state index contributed by atoms with van der Waals surface area (Å²) < 4.78 is 5.44. The number of likely N-dealkylation sites (tertiary alicyclic amines) is 1. The Bertz CT molecular complexity index is 615. The van der Waals surface area contributed by atoms with E-state index in [1.807, 2.05) is 7.05 Å². The SMILES string of the molecule is CN=C(NCc1ccc(N2CCOCC2)cc1)N1CCC2(CCCC2)C1. The maximum Gasteiger partial charge on any atom is 0.193 e. The van der Waals surface area contributed by atoms with Crippen molar-refractivity contribution >= 4 is 11.6 Å². The molecule has 2 aliphatic heterocycles. The first-order valence-corrected chi connectivity index (χ1v) is 10.2. The molecule has 4 rings (SSSR count). The van der Waals surface area contributed by atoms with Gasteiger partial charge >= 0.3 is 0 Å². The molecule has 3 fully saturated rings. The van der Waals surface area contributed by atoms with Gasteiger partial charge in [0, 0.05) is 45.5 Å². The number of rotatable bonds is 3. The molecule has 5 heteroatoms. The number of ether oxygens (including phenoxy) is 1. The topological polar surface area (TPSA) is 40.1 Å². The maximum atomic E-state index is 5.44. The van der Waals surface area contributed by atoms with Crippen LogP contribution in [0.25, 0.3) is 0 Å². The molecule has 0 atom stereocenters. The minimum atomic E-state index is 0.581. The fourth-order valence-corrected chi connectivity index (χ4v) is 4.81. The minimum Gasteiger partial charge on any atom is -0.378 e. The predicted octanol–water partition coefficient (Wildman–Crippen LogP) is 2.86. The van der Waals surface area contributed by atoms with E-state index in [0.717, 1.165) is 45.4 Å². The Morgan fingerprint density at radius 1 is 1.08 bits per heavy atom. The molecule has 1 spiro atoms. The molecule has 0 radical (unpaired) electrons. The van der Waals surface area contributed by atoms with Crippen LogP contribution in [-0.2, 0) is 11.3 Å². The van der Waals surface area contributed by atoms with E-state index in [1.54, 1.807) is 0 Å². The molecule has 1 aromatic rings. The molecule has 0 aromatic heterocycles. The zero-order valence-corrected chi connectivity index (χ0v) is 16.0. The summed E-state index contributed by atoms with van der Waals surface area (Å²) in [6.45, 7) is 6.80. The number of benzene rings is 1. The third-order valence-corrected chi connectivity index (χ3v) is 6.38. The van der Waals surface area contributed by atoms with Gasteiger partial charge in [0.1, 0.15) is 0 Å². The second-order valence-corrected chi connectivity index (χ2v) is 8.05. The van der Waals surface area contributed by atoms with Crippen molar-refractivity contribution in [1.82, 2.24) is 10.2 Å². The molecular weight excluding hydrogens is 324 g/mol. The number of hydrogen-bond acceptors (Lipinski definition) is 3. The highest BCUT2D eigenvalue weighted by Gasteiger charge is 2.41. The Balaban J connectivity index is 1.31. The zero-order chi connectivity index (χ0) is 17.8. The van der Waals surface area contributed by atoms with Crippen molar-refractivity contribution in [2.24, 2.45) is 10.4 Å². The number of nitrogens with zero attached hydrogens (tertiary/aromatic N) is 3. The number of anilines is 1. The molecule has 1 aromatic carbocycles. The molecule has 0 unspecified atom stereocenters. The van der Waals surface area contributed by atoms with E-state index in [4.69, 9.17) is 4.74 Å². The van der Waals surface area contributed by atoms with E-state index in [1.165, 1.54) is 49.9 Å². The largest absolute Gasteiger partial charge is 0.378 e. The van der Waals surface area contributed by atoms with Crippen LogP contribution >= 0.6 is 0 Å². The summed E-state index contributed by atoms with van der Waals surface area (Å²) in [5, 5.41) is 3.58. The van der Waals surface area contributed by atoms with Crippen molar-refractivity contribution in [2.75, 3.05) is 51.3 Å². The lowest BCUT2D eigenvalue weighted by molar-refractivity contribution is 0.122. The summed E-state index contributed by atoms with van der Waals surface area (Å²) in [4.78, 5) is 9.40. The molecular formula is C21H32N4O. The Hall–Kier alpha value is -1.75. The molecule has 26 heavy (non-hydrogen) atoms. The van der Waals surface area contributed by atoms with Gasteiger partial charge in [-0.15, -0.1) is 0 Å². The van der Waals surface area contributed by atoms with E-state index in [2.05, 4.69) is 44.4 Å². The predicted molar refractivity (Wildman–Crippen MR) is 107 cm³/mol. The van der Waals surface area contributed by atoms with Crippen LogP contribution in [0.5, 0.6) is 0 Å². The first-order chi connectivity index (χ1) is 12.8. The zero-order valence-electron chi connectivity index (χ0n) is 16.0. The van der Waals surface area contributed by atoms with Crippen LogP contribution in [0, 0.1) is 5.41 Å². The Kier molecular flexibility index (Phi) is 5.34. The van der Waals surface area contributed by atoms with Gasteiger partial charge in [-0.1, -0.05) is 25.0 Å². The lowest BCUT2D eigenvalue weighted by atomic mass is 9.86. The molecule has 5 nitrogen and oxygen atoms in total. The van der Waals surface area contributed by atoms with Crippen LogP contribution in [0.3, 0.4) is 0 Å². The fourth-order valence-electron chi connectivity index (χ4n) is 4.81. The summed E-state index contributed by atoms with van der Waals surface area (Å²) in [6, 6.07) is 8.92. The van der Waals surface area contributed by atoms with Gasteiger partial charge in [-0.2, -0.15) is 0 Å². The molecule has 3 aliphatic rings. The van der Waals surface area contributed by atoms with Crippen molar-refractivity contribution in [3.8, 4) is 0 Å². The average molecular weight is 357 g/mol. The number of nitrogens with one attached hydrogen (secondary N) is 1. The molecule has 0 bridgehead atoms. The van der Waals surface area contributed by atoms with Gasteiger partial charge in [-0.3, -0.25) is 4.99 Å². The van der Waals surface area contributed by atoms with Gasteiger partial charge < -0.3 is 19.9 Å². The average Bonchev–Trinajstić information content (AvgIpc) is 3.34.